The molecule has 3 nitrogen and oxygen atoms in total. The average Bonchev–Trinajstić information content (AvgIpc) is 3.12. The molecule has 0 aliphatic heterocycles. The summed E-state index contributed by atoms with van der Waals surface area (Å²) in [5.41, 5.74) is 0.740. The summed E-state index contributed by atoms with van der Waals surface area (Å²) >= 11 is 0. The summed E-state index contributed by atoms with van der Waals surface area (Å²) in [7, 11) is -3.13. The largest absolute Gasteiger partial charge is 0.256 e. The lowest BCUT2D eigenvalue weighted by Crippen LogP contribution is -2.07. The third kappa shape index (κ3) is 1.41. The van der Waals surface area contributed by atoms with Crippen molar-refractivity contribution >= 4 is 20.7 Å². The first-order valence-corrected chi connectivity index (χ1v) is 6.82. The number of sulfone groups is 1. The summed E-state index contributed by atoms with van der Waals surface area (Å²) in [4.78, 5) is 4.60. The van der Waals surface area contributed by atoms with Crippen LogP contribution >= 0.6 is 0 Å². The fraction of sp³-hybridized carbons (Fsp3) is 0.250. The molecule has 1 heterocycles. The molecular weight excluding hydrogens is 222 g/mol. The van der Waals surface area contributed by atoms with E-state index in [9.17, 15) is 8.42 Å². The van der Waals surface area contributed by atoms with Gasteiger partial charge in [-0.15, -0.1) is 0 Å². The maximum absolute atomic E-state index is 12.2. The van der Waals surface area contributed by atoms with E-state index in [2.05, 4.69) is 4.98 Å². The van der Waals surface area contributed by atoms with Crippen LogP contribution in [0.25, 0.3) is 10.9 Å². The van der Waals surface area contributed by atoms with Gasteiger partial charge in [-0.05, 0) is 37.1 Å². The minimum atomic E-state index is -3.13. The SMILES string of the molecule is O=S(=O)(c1cccc2ncccc12)C1CC1. The molecule has 0 N–H and O–H groups in total. The number of aromatic nitrogens is 1. The highest BCUT2D eigenvalue weighted by molar-refractivity contribution is 7.92. The minimum Gasteiger partial charge on any atom is -0.256 e. The molecule has 0 spiro atoms. The second-order valence-corrected chi connectivity index (χ2v) is 6.27. The highest BCUT2D eigenvalue weighted by atomic mass is 32.2. The topological polar surface area (TPSA) is 47.0 Å². The van der Waals surface area contributed by atoms with E-state index in [-0.39, 0.29) is 5.25 Å². The van der Waals surface area contributed by atoms with Gasteiger partial charge < -0.3 is 0 Å². The third-order valence-electron chi connectivity index (χ3n) is 2.88. The van der Waals surface area contributed by atoms with Crippen LogP contribution in [0.1, 0.15) is 12.8 Å². The lowest BCUT2D eigenvalue weighted by atomic mass is 10.2. The van der Waals surface area contributed by atoms with Gasteiger partial charge in [0.05, 0.1) is 15.7 Å². The summed E-state index contributed by atoms with van der Waals surface area (Å²) in [6.07, 6.45) is 3.26. The second-order valence-electron chi connectivity index (χ2n) is 4.07. The number of benzene rings is 1. The Balaban J connectivity index is 2.31. The van der Waals surface area contributed by atoms with Crippen LogP contribution in [-0.4, -0.2) is 18.7 Å². The number of fused-ring (bicyclic) bond motifs is 1. The molecule has 2 aromatic rings. The number of pyridine rings is 1. The molecule has 16 heavy (non-hydrogen) atoms. The zero-order chi connectivity index (χ0) is 11.2. The first kappa shape index (κ1) is 9.78. The van der Waals surface area contributed by atoms with Crippen LogP contribution in [-0.2, 0) is 9.84 Å². The number of rotatable bonds is 2. The molecule has 1 fully saturated rings. The van der Waals surface area contributed by atoms with E-state index in [0.717, 1.165) is 23.7 Å². The van der Waals surface area contributed by atoms with Crippen LogP contribution in [0.2, 0.25) is 0 Å². The molecule has 1 aliphatic rings. The Morgan fingerprint density at radius 2 is 1.94 bits per heavy atom. The van der Waals surface area contributed by atoms with Gasteiger partial charge in [0.2, 0.25) is 0 Å². The molecule has 1 aliphatic carbocycles. The van der Waals surface area contributed by atoms with E-state index in [0.29, 0.717) is 4.90 Å². The smallest absolute Gasteiger partial charge is 0.181 e. The molecule has 82 valence electrons. The summed E-state index contributed by atoms with van der Waals surface area (Å²) in [5, 5.41) is 0.565. The van der Waals surface area contributed by atoms with Gasteiger partial charge >= 0.3 is 0 Å². The van der Waals surface area contributed by atoms with Gasteiger partial charge in [-0.3, -0.25) is 4.98 Å². The molecule has 0 amide bonds. The third-order valence-corrected chi connectivity index (χ3v) is 5.19. The van der Waals surface area contributed by atoms with Gasteiger partial charge in [0, 0.05) is 11.6 Å². The Labute approximate surface area is 94.0 Å². The molecule has 4 heteroatoms. The molecule has 0 saturated heterocycles. The standard InChI is InChI=1S/C12H11NO2S/c14-16(15,9-6-7-9)12-5-1-4-11-10(12)3-2-8-13-11/h1-5,8-9H,6-7H2. The van der Waals surface area contributed by atoms with Gasteiger partial charge in [-0.1, -0.05) is 6.07 Å². The number of hydrogen-bond acceptors (Lipinski definition) is 3. The van der Waals surface area contributed by atoms with Crippen molar-refractivity contribution < 1.29 is 8.42 Å². The van der Waals surface area contributed by atoms with E-state index in [4.69, 9.17) is 0 Å². The molecule has 1 aromatic carbocycles. The lowest BCUT2D eigenvalue weighted by molar-refractivity contribution is 0.595. The molecular formula is C12H11NO2S. The van der Waals surface area contributed by atoms with E-state index in [1.54, 1.807) is 24.4 Å². The summed E-state index contributed by atoms with van der Waals surface area (Å²) in [5.74, 6) is 0. The van der Waals surface area contributed by atoms with E-state index in [1.165, 1.54) is 0 Å². The van der Waals surface area contributed by atoms with Gasteiger partial charge in [-0.2, -0.15) is 0 Å². The molecule has 1 saturated carbocycles. The number of hydrogen-bond donors (Lipinski definition) is 0. The van der Waals surface area contributed by atoms with E-state index < -0.39 is 9.84 Å². The first-order chi connectivity index (χ1) is 7.69. The van der Waals surface area contributed by atoms with Gasteiger partial charge in [-0.25, -0.2) is 8.42 Å². The Kier molecular flexibility index (Phi) is 2.01. The quantitative estimate of drug-likeness (QED) is 0.798. The molecule has 0 unspecified atom stereocenters. The Morgan fingerprint density at radius 1 is 1.12 bits per heavy atom. The van der Waals surface area contributed by atoms with Crippen molar-refractivity contribution in [2.24, 2.45) is 0 Å². The highest BCUT2D eigenvalue weighted by Crippen LogP contribution is 2.35. The predicted molar refractivity (Wildman–Crippen MR) is 62.0 cm³/mol. The van der Waals surface area contributed by atoms with Crippen molar-refractivity contribution in [3.05, 3.63) is 36.5 Å². The molecule has 0 radical (unpaired) electrons. The van der Waals surface area contributed by atoms with Crippen molar-refractivity contribution in [2.75, 3.05) is 0 Å². The fourth-order valence-corrected chi connectivity index (χ4v) is 3.74. The van der Waals surface area contributed by atoms with E-state index in [1.807, 2.05) is 12.1 Å². The molecule has 0 bridgehead atoms. The van der Waals surface area contributed by atoms with Crippen molar-refractivity contribution in [1.29, 1.82) is 0 Å². The molecule has 1 aromatic heterocycles. The second kappa shape index (κ2) is 3.28. The predicted octanol–water partition coefficient (Wildman–Crippen LogP) is 2.17. The average molecular weight is 233 g/mol. The van der Waals surface area contributed by atoms with Crippen LogP contribution in [0.5, 0.6) is 0 Å². The normalized spacial score (nSPS) is 16.5. The highest BCUT2D eigenvalue weighted by Gasteiger charge is 2.37. The maximum atomic E-state index is 12.2. The van der Waals surface area contributed by atoms with Crippen molar-refractivity contribution in [2.45, 2.75) is 23.0 Å². The maximum Gasteiger partial charge on any atom is 0.181 e. The zero-order valence-corrected chi connectivity index (χ0v) is 9.44. The Morgan fingerprint density at radius 3 is 2.69 bits per heavy atom. The summed E-state index contributed by atoms with van der Waals surface area (Å²) < 4.78 is 24.4. The van der Waals surface area contributed by atoms with Crippen molar-refractivity contribution in [1.82, 2.24) is 4.98 Å². The van der Waals surface area contributed by atoms with Crippen LogP contribution < -0.4 is 0 Å². The van der Waals surface area contributed by atoms with Crippen LogP contribution in [0.4, 0.5) is 0 Å². The van der Waals surface area contributed by atoms with Crippen molar-refractivity contribution in [3.8, 4) is 0 Å². The van der Waals surface area contributed by atoms with Crippen LogP contribution in [0.15, 0.2) is 41.4 Å². The fourth-order valence-electron chi connectivity index (χ4n) is 1.88. The lowest BCUT2D eigenvalue weighted by Gasteiger charge is -2.05. The zero-order valence-electron chi connectivity index (χ0n) is 8.63. The minimum absolute atomic E-state index is 0.168. The van der Waals surface area contributed by atoms with Gasteiger partial charge in [0.1, 0.15) is 0 Å². The number of nitrogens with zero attached hydrogens (tertiary/aromatic N) is 1. The van der Waals surface area contributed by atoms with Gasteiger partial charge in [0.15, 0.2) is 9.84 Å². The van der Waals surface area contributed by atoms with Crippen molar-refractivity contribution in [3.63, 3.8) is 0 Å². The van der Waals surface area contributed by atoms with E-state index >= 15 is 0 Å². The van der Waals surface area contributed by atoms with Crippen LogP contribution in [0.3, 0.4) is 0 Å². The summed E-state index contributed by atoms with van der Waals surface area (Å²) in [6.45, 7) is 0. The summed E-state index contributed by atoms with van der Waals surface area (Å²) in [6, 6.07) is 8.86. The first-order valence-electron chi connectivity index (χ1n) is 5.27. The monoisotopic (exact) mass is 233 g/mol. The Hall–Kier alpha value is -1.42. The van der Waals surface area contributed by atoms with Crippen LogP contribution in [0, 0.1) is 0 Å². The molecule has 0 atom stereocenters. The molecule has 3 rings (SSSR count). The Bertz CT molecular complexity index is 640. The van der Waals surface area contributed by atoms with Gasteiger partial charge in [0.25, 0.3) is 0 Å².